The molecule has 38 heavy (non-hydrogen) atoms. The van der Waals surface area contributed by atoms with Crippen LogP contribution in [0.5, 0.6) is 28.7 Å². The topological polar surface area (TPSA) is 118 Å². The maximum absolute atomic E-state index is 12.7. The fourth-order valence-corrected chi connectivity index (χ4v) is 3.75. The van der Waals surface area contributed by atoms with Gasteiger partial charge in [0.25, 0.3) is 5.69 Å². The molecule has 0 atom stereocenters. The molecule has 0 saturated carbocycles. The van der Waals surface area contributed by atoms with Gasteiger partial charge in [0.05, 0.1) is 51.7 Å². The van der Waals surface area contributed by atoms with Gasteiger partial charge in [-0.2, -0.15) is 0 Å². The van der Waals surface area contributed by atoms with Crippen molar-refractivity contribution in [1.29, 1.82) is 0 Å². The maximum Gasteiger partial charge on any atom is 0.280 e. The molecular weight excluding hydrogens is 492 g/mol. The second-order valence-electron chi connectivity index (χ2n) is 7.67. The number of nitro benzene ring substituents is 1. The Bertz CT molecular complexity index is 1360. The van der Waals surface area contributed by atoms with Gasteiger partial charge >= 0.3 is 0 Å². The summed E-state index contributed by atoms with van der Waals surface area (Å²) < 4.78 is 27.2. The van der Waals surface area contributed by atoms with Crippen LogP contribution in [0.4, 0.5) is 11.4 Å². The summed E-state index contributed by atoms with van der Waals surface area (Å²) in [5.41, 5.74) is 1.72. The Hall–Kier alpha value is -4.99. The van der Waals surface area contributed by atoms with Gasteiger partial charge in [0.1, 0.15) is 0 Å². The molecule has 3 rings (SSSR count). The molecule has 0 aromatic heterocycles. The Balaban J connectivity index is 1.98. The highest BCUT2D eigenvalue weighted by molar-refractivity contribution is 6.07. The van der Waals surface area contributed by atoms with Crippen molar-refractivity contribution in [1.82, 2.24) is 0 Å². The van der Waals surface area contributed by atoms with Crippen molar-refractivity contribution in [2.75, 3.05) is 40.9 Å². The Morgan fingerprint density at radius 2 is 1.45 bits per heavy atom. The quantitative estimate of drug-likeness (QED) is 0.107. The number of nitro groups is 1. The standard InChI is InChI=1S/C28H28N2O8/c1-34-23-13-12-19(11-10-18-16-24(35-2)27(37-4)25(17-18)36-3)26(28(23)38-5)29-15-14-22(31)20-8-6-7-9-21(20)30(32)33/h6-17,29H,1-5H3. The summed E-state index contributed by atoms with van der Waals surface area (Å²) >= 11 is 0. The van der Waals surface area contributed by atoms with E-state index in [2.05, 4.69) is 5.32 Å². The second-order valence-corrected chi connectivity index (χ2v) is 7.67. The molecule has 0 bridgehead atoms. The van der Waals surface area contributed by atoms with Gasteiger partial charge < -0.3 is 29.0 Å². The maximum atomic E-state index is 12.7. The van der Waals surface area contributed by atoms with Crippen molar-refractivity contribution >= 4 is 29.3 Å². The summed E-state index contributed by atoms with van der Waals surface area (Å²) in [6.07, 6.45) is 6.29. The van der Waals surface area contributed by atoms with Crippen LogP contribution in [0.15, 0.2) is 60.8 Å². The largest absolute Gasteiger partial charge is 0.493 e. The van der Waals surface area contributed by atoms with Crippen LogP contribution < -0.4 is 29.0 Å². The molecule has 1 N–H and O–H groups in total. The number of benzene rings is 3. The lowest BCUT2D eigenvalue weighted by molar-refractivity contribution is -0.385. The smallest absolute Gasteiger partial charge is 0.280 e. The van der Waals surface area contributed by atoms with Crippen LogP contribution in [0.1, 0.15) is 21.5 Å². The third kappa shape index (κ3) is 6.04. The second kappa shape index (κ2) is 12.8. The molecule has 10 nitrogen and oxygen atoms in total. The van der Waals surface area contributed by atoms with Crippen LogP contribution >= 0.6 is 0 Å². The van der Waals surface area contributed by atoms with Gasteiger partial charge in [-0.1, -0.05) is 24.3 Å². The Labute approximate surface area is 220 Å². The molecule has 0 radical (unpaired) electrons. The molecule has 0 saturated heterocycles. The predicted octanol–water partition coefficient (Wildman–Crippen LogP) is 5.62. The van der Waals surface area contributed by atoms with Gasteiger partial charge in [0.2, 0.25) is 5.75 Å². The van der Waals surface area contributed by atoms with Gasteiger partial charge in [-0.3, -0.25) is 14.9 Å². The van der Waals surface area contributed by atoms with Crippen molar-refractivity contribution in [2.24, 2.45) is 0 Å². The van der Waals surface area contributed by atoms with Crippen molar-refractivity contribution in [3.63, 3.8) is 0 Å². The number of hydrogen-bond donors (Lipinski definition) is 1. The van der Waals surface area contributed by atoms with E-state index in [1.807, 2.05) is 18.2 Å². The minimum Gasteiger partial charge on any atom is -0.493 e. The first-order valence-electron chi connectivity index (χ1n) is 11.3. The number of hydrogen-bond acceptors (Lipinski definition) is 9. The first kappa shape index (κ1) is 27.6. The van der Waals surface area contributed by atoms with Crippen LogP contribution in [0.25, 0.3) is 12.2 Å². The van der Waals surface area contributed by atoms with E-state index in [1.165, 1.54) is 51.8 Å². The first-order chi connectivity index (χ1) is 18.4. The molecule has 198 valence electrons. The normalized spacial score (nSPS) is 10.9. The number of rotatable bonds is 12. The zero-order valence-electron chi connectivity index (χ0n) is 21.6. The lowest BCUT2D eigenvalue weighted by Gasteiger charge is -2.15. The van der Waals surface area contributed by atoms with E-state index in [9.17, 15) is 14.9 Å². The van der Waals surface area contributed by atoms with Crippen LogP contribution in [0.3, 0.4) is 0 Å². The minimum atomic E-state index is -0.592. The molecular formula is C28H28N2O8. The molecule has 0 aliphatic carbocycles. The van der Waals surface area contributed by atoms with Gasteiger partial charge in [-0.05, 0) is 35.9 Å². The molecule has 0 spiro atoms. The summed E-state index contributed by atoms with van der Waals surface area (Å²) in [6, 6.07) is 12.9. The number of carbonyl (C=O) groups excluding carboxylic acids is 1. The fourth-order valence-electron chi connectivity index (χ4n) is 3.75. The van der Waals surface area contributed by atoms with Gasteiger partial charge in [-0.25, -0.2) is 0 Å². The minimum absolute atomic E-state index is 0.0179. The number of ether oxygens (including phenoxy) is 5. The molecule has 3 aromatic carbocycles. The highest BCUT2D eigenvalue weighted by Gasteiger charge is 2.18. The zero-order valence-corrected chi connectivity index (χ0v) is 21.6. The highest BCUT2D eigenvalue weighted by Crippen LogP contribution is 2.41. The van der Waals surface area contributed by atoms with Crippen molar-refractivity contribution in [2.45, 2.75) is 0 Å². The SMILES string of the molecule is COc1cc(C=Cc2ccc(OC)c(OC)c2NC=CC(=O)c2ccccc2[N+](=O)[O-])cc(OC)c1OC. The van der Waals surface area contributed by atoms with E-state index in [-0.39, 0.29) is 11.3 Å². The van der Waals surface area contributed by atoms with E-state index in [4.69, 9.17) is 23.7 Å². The van der Waals surface area contributed by atoms with Crippen LogP contribution in [0.2, 0.25) is 0 Å². The summed E-state index contributed by atoms with van der Waals surface area (Å²) in [7, 11) is 7.63. The van der Waals surface area contributed by atoms with Crippen molar-refractivity contribution < 1.29 is 33.4 Å². The van der Waals surface area contributed by atoms with Crippen LogP contribution in [-0.4, -0.2) is 46.3 Å². The van der Waals surface area contributed by atoms with Gasteiger partial charge in [0.15, 0.2) is 28.8 Å². The summed E-state index contributed by atoms with van der Waals surface area (Å²) in [4.78, 5) is 23.4. The van der Waals surface area contributed by atoms with Crippen LogP contribution in [-0.2, 0) is 0 Å². The molecule has 0 fully saturated rings. The average Bonchev–Trinajstić information content (AvgIpc) is 2.95. The number of nitrogens with zero attached hydrogens (tertiary/aromatic N) is 1. The summed E-state index contributed by atoms with van der Waals surface area (Å²) in [5, 5.41) is 14.3. The number of allylic oxidation sites excluding steroid dienone is 1. The third-order valence-electron chi connectivity index (χ3n) is 5.55. The van der Waals surface area contributed by atoms with E-state index in [0.717, 1.165) is 5.56 Å². The average molecular weight is 521 g/mol. The van der Waals surface area contributed by atoms with Gasteiger partial charge in [-0.15, -0.1) is 0 Å². The number of para-hydroxylation sites is 1. The molecule has 0 aliphatic heterocycles. The Kier molecular flexibility index (Phi) is 9.31. The molecule has 10 heteroatoms. The predicted molar refractivity (Wildman–Crippen MR) is 145 cm³/mol. The molecule has 3 aromatic rings. The highest BCUT2D eigenvalue weighted by atomic mass is 16.6. The zero-order chi connectivity index (χ0) is 27.7. The summed E-state index contributed by atoms with van der Waals surface area (Å²) in [5.74, 6) is 1.85. The van der Waals surface area contributed by atoms with E-state index >= 15 is 0 Å². The van der Waals surface area contributed by atoms with E-state index < -0.39 is 10.7 Å². The van der Waals surface area contributed by atoms with Crippen molar-refractivity contribution in [3.8, 4) is 28.7 Å². The third-order valence-corrected chi connectivity index (χ3v) is 5.55. The first-order valence-corrected chi connectivity index (χ1v) is 11.3. The lowest BCUT2D eigenvalue weighted by atomic mass is 10.1. The molecule has 0 unspecified atom stereocenters. The number of methoxy groups -OCH3 is 5. The molecule has 0 amide bonds. The Morgan fingerprint density at radius 1 is 0.816 bits per heavy atom. The van der Waals surface area contributed by atoms with E-state index in [1.54, 1.807) is 38.5 Å². The van der Waals surface area contributed by atoms with E-state index in [0.29, 0.717) is 40.0 Å². The Morgan fingerprint density at radius 3 is 2.03 bits per heavy atom. The monoisotopic (exact) mass is 520 g/mol. The van der Waals surface area contributed by atoms with Crippen molar-refractivity contribution in [3.05, 3.63) is 87.6 Å². The lowest BCUT2D eigenvalue weighted by Crippen LogP contribution is -2.03. The van der Waals surface area contributed by atoms with Crippen LogP contribution in [0, 0.1) is 10.1 Å². The fraction of sp³-hybridized carbons (Fsp3) is 0.179. The molecule has 0 aliphatic rings. The number of nitrogens with one attached hydrogen (secondary N) is 1. The number of ketones is 1. The molecule has 0 heterocycles. The number of carbonyl (C=O) groups is 1. The number of anilines is 1. The van der Waals surface area contributed by atoms with Gasteiger partial charge in [0, 0.05) is 23.9 Å². The summed E-state index contributed by atoms with van der Waals surface area (Å²) in [6.45, 7) is 0.